The van der Waals surface area contributed by atoms with Crippen LogP contribution >= 0.6 is 0 Å². The number of rotatable bonds is 4. The van der Waals surface area contributed by atoms with Crippen LogP contribution in [0.1, 0.15) is 5.56 Å². The molecule has 3 rings (SSSR count). The summed E-state index contributed by atoms with van der Waals surface area (Å²) in [5.74, 6) is 0.123. The Kier molecular flexibility index (Phi) is 4.61. The molecule has 0 bridgehead atoms. The van der Waals surface area contributed by atoms with E-state index in [0.717, 1.165) is 12.1 Å². The summed E-state index contributed by atoms with van der Waals surface area (Å²) < 4.78 is 51.0. The monoisotopic (exact) mass is 363 g/mol. The molecule has 1 heterocycles. The fourth-order valence-corrected chi connectivity index (χ4v) is 2.15. The van der Waals surface area contributed by atoms with Crippen LogP contribution in [-0.2, 0) is 6.18 Å². The van der Waals surface area contributed by atoms with Crippen LogP contribution < -0.4 is 16.4 Å². The molecule has 0 amide bonds. The minimum absolute atomic E-state index is 0.291. The van der Waals surface area contributed by atoms with Crippen LogP contribution in [0.2, 0.25) is 0 Å². The molecule has 0 spiro atoms. The summed E-state index contributed by atoms with van der Waals surface area (Å²) in [5, 5.41) is 5.69. The lowest BCUT2D eigenvalue weighted by atomic mass is 10.2. The number of nitrogens with two attached hydrogens (primary N) is 1. The highest BCUT2D eigenvalue weighted by atomic mass is 19.4. The summed E-state index contributed by atoms with van der Waals surface area (Å²) in [5.41, 5.74) is 6.08. The fraction of sp³-hybridized carbons (Fsp3) is 0.0588. The van der Waals surface area contributed by atoms with E-state index < -0.39 is 17.6 Å². The molecule has 26 heavy (non-hydrogen) atoms. The van der Waals surface area contributed by atoms with Gasteiger partial charge >= 0.3 is 6.18 Å². The number of hydrogen-bond donors (Lipinski definition) is 3. The third-order valence-corrected chi connectivity index (χ3v) is 3.40. The lowest BCUT2D eigenvalue weighted by molar-refractivity contribution is -0.137. The molecule has 4 N–H and O–H groups in total. The van der Waals surface area contributed by atoms with E-state index in [0.29, 0.717) is 28.7 Å². The second-order valence-corrected chi connectivity index (χ2v) is 5.35. The normalized spacial score (nSPS) is 11.2. The average Bonchev–Trinajstić information content (AvgIpc) is 2.58. The summed E-state index contributed by atoms with van der Waals surface area (Å²) in [6.45, 7) is 0. The SMILES string of the molecule is Nc1ccc(F)cc1Nc1cncc(Nc2ccc(C(F)(F)F)cc2)n1. The van der Waals surface area contributed by atoms with Gasteiger partial charge in [0.15, 0.2) is 11.6 Å². The number of nitrogen functional groups attached to an aromatic ring is 1. The molecule has 9 heteroatoms. The van der Waals surface area contributed by atoms with Crippen molar-refractivity contribution in [1.29, 1.82) is 0 Å². The molecular weight excluding hydrogens is 350 g/mol. The first-order valence-corrected chi connectivity index (χ1v) is 7.39. The molecule has 0 aliphatic rings. The van der Waals surface area contributed by atoms with Crippen LogP contribution in [0.3, 0.4) is 0 Å². The standard InChI is InChI=1S/C17H13F4N5/c18-11-3-6-13(22)14(7-11)25-16-9-23-8-15(26-16)24-12-4-1-10(2-5-12)17(19,20)21/h1-9H,22H2,(H2,24,25,26). The highest BCUT2D eigenvalue weighted by Gasteiger charge is 2.29. The smallest absolute Gasteiger partial charge is 0.397 e. The third kappa shape index (κ3) is 4.18. The summed E-state index contributed by atoms with van der Waals surface area (Å²) >= 11 is 0. The molecular formula is C17H13F4N5. The van der Waals surface area contributed by atoms with Gasteiger partial charge in [-0.3, -0.25) is 4.98 Å². The van der Waals surface area contributed by atoms with Gasteiger partial charge in [0.25, 0.3) is 0 Å². The first kappa shape index (κ1) is 17.5. The van der Waals surface area contributed by atoms with Gasteiger partial charge in [0.2, 0.25) is 0 Å². The Labute approximate surface area is 145 Å². The Balaban J connectivity index is 1.76. The zero-order chi connectivity index (χ0) is 18.7. The molecule has 2 aromatic carbocycles. The topological polar surface area (TPSA) is 75.9 Å². The van der Waals surface area contributed by atoms with Crippen LogP contribution in [0.5, 0.6) is 0 Å². The highest BCUT2D eigenvalue weighted by molar-refractivity contribution is 5.71. The number of anilines is 5. The van der Waals surface area contributed by atoms with Gasteiger partial charge < -0.3 is 16.4 Å². The van der Waals surface area contributed by atoms with Crippen LogP contribution in [0.15, 0.2) is 54.9 Å². The second kappa shape index (κ2) is 6.87. The number of hydrogen-bond acceptors (Lipinski definition) is 5. The maximum absolute atomic E-state index is 13.3. The van der Waals surface area contributed by atoms with E-state index in [4.69, 9.17) is 5.73 Å². The van der Waals surface area contributed by atoms with E-state index >= 15 is 0 Å². The molecule has 5 nitrogen and oxygen atoms in total. The van der Waals surface area contributed by atoms with Crippen molar-refractivity contribution in [3.8, 4) is 0 Å². The van der Waals surface area contributed by atoms with Crippen molar-refractivity contribution >= 4 is 28.7 Å². The van der Waals surface area contributed by atoms with E-state index in [2.05, 4.69) is 20.6 Å². The van der Waals surface area contributed by atoms with Crippen molar-refractivity contribution in [3.05, 3.63) is 66.2 Å². The number of nitrogens with zero attached hydrogens (tertiary/aromatic N) is 2. The van der Waals surface area contributed by atoms with Crippen molar-refractivity contribution < 1.29 is 17.6 Å². The number of halogens is 4. The van der Waals surface area contributed by atoms with Gasteiger partial charge in [0.1, 0.15) is 5.82 Å². The Hall–Kier alpha value is -3.36. The molecule has 0 aliphatic heterocycles. The number of benzene rings is 2. The Bertz CT molecular complexity index is 910. The van der Waals surface area contributed by atoms with E-state index in [1.165, 1.54) is 42.7 Å². The van der Waals surface area contributed by atoms with E-state index in [1.54, 1.807) is 0 Å². The third-order valence-electron chi connectivity index (χ3n) is 3.40. The summed E-state index contributed by atoms with van der Waals surface area (Å²) in [7, 11) is 0. The zero-order valence-corrected chi connectivity index (χ0v) is 13.2. The van der Waals surface area contributed by atoms with Crippen LogP contribution in [0, 0.1) is 5.82 Å². The van der Waals surface area contributed by atoms with Crippen molar-refractivity contribution in [2.45, 2.75) is 6.18 Å². The van der Waals surface area contributed by atoms with Crippen molar-refractivity contribution in [1.82, 2.24) is 9.97 Å². The minimum Gasteiger partial charge on any atom is -0.397 e. The van der Waals surface area contributed by atoms with Gasteiger partial charge in [0.05, 0.1) is 29.3 Å². The maximum atomic E-state index is 13.3. The van der Waals surface area contributed by atoms with E-state index in [9.17, 15) is 17.6 Å². The molecule has 0 saturated heterocycles. The second-order valence-electron chi connectivity index (χ2n) is 5.35. The summed E-state index contributed by atoms with van der Waals surface area (Å²) in [6.07, 6.45) is -1.59. The lowest BCUT2D eigenvalue weighted by Gasteiger charge is -2.11. The largest absolute Gasteiger partial charge is 0.416 e. The van der Waals surface area contributed by atoms with Gasteiger partial charge in [-0.1, -0.05) is 0 Å². The summed E-state index contributed by atoms with van der Waals surface area (Å²) in [4.78, 5) is 8.20. The first-order chi connectivity index (χ1) is 12.3. The molecule has 0 atom stereocenters. The van der Waals surface area contributed by atoms with Gasteiger partial charge in [0, 0.05) is 5.69 Å². The highest BCUT2D eigenvalue weighted by Crippen LogP contribution is 2.30. The van der Waals surface area contributed by atoms with Crippen LogP contribution in [0.4, 0.5) is 46.3 Å². The molecule has 1 aromatic heterocycles. The lowest BCUT2D eigenvalue weighted by Crippen LogP contribution is -2.05. The molecule has 0 radical (unpaired) electrons. The number of nitrogens with one attached hydrogen (secondary N) is 2. The number of aromatic nitrogens is 2. The predicted octanol–water partition coefficient (Wildman–Crippen LogP) is 4.70. The fourth-order valence-electron chi connectivity index (χ4n) is 2.15. The molecule has 3 aromatic rings. The summed E-state index contributed by atoms with van der Waals surface area (Å²) in [6, 6.07) is 8.36. The van der Waals surface area contributed by atoms with Crippen LogP contribution in [-0.4, -0.2) is 9.97 Å². The first-order valence-electron chi connectivity index (χ1n) is 7.39. The predicted molar refractivity (Wildman–Crippen MR) is 90.9 cm³/mol. The molecule has 134 valence electrons. The van der Waals surface area contributed by atoms with E-state index in [1.807, 2.05) is 0 Å². The molecule has 0 unspecified atom stereocenters. The van der Waals surface area contributed by atoms with Crippen molar-refractivity contribution in [2.24, 2.45) is 0 Å². The minimum atomic E-state index is -4.40. The van der Waals surface area contributed by atoms with Crippen molar-refractivity contribution in [3.63, 3.8) is 0 Å². The Morgan fingerprint density at radius 3 is 2.19 bits per heavy atom. The van der Waals surface area contributed by atoms with E-state index in [-0.39, 0.29) is 0 Å². The van der Waals surface area contributed by atoms with Gasteiger partial charge in [-0.2, -0.15) is 13.2 Å². The molecule has 0 fully saturated rings. The Morgan fingerprint density at radius 1 is 0.885 bits per heavy atom. The number of alkyl halides is 3. The van der Waals surface area contributed by atoms with Gasteiger partial charge in [-0.25, -0.2) is 9.37 Å². The van der Waals surface area contributed by atoms with Gasteiger partial charge in [-0.15, -0.1) is 0 Å². The van der Waals surface area contributed by atoms with Crippen molar-refractivity contribution in [2.75, 3.05) is 16.4 Å². The van der Waals surface area contributed by atoms with Gasteiger partial charge in [-0.05, 0) is 42.5 Å². The zero-order valence-electron chi connectivity index (χ0n) is 13.2. The molecule has 0 aliphatic carbocycles. The quantitative estimate of drug-likeness (QED) is 0.463. The Morgan fingerprint density at radius 2 is 1.54 bits per heavy atom. The maximum Gasteiger partial charge on any atom is 0.416 e. The van der Waals surface area contributed by atoms with Crippen LogP contribution in [0.25, 0.3) is 0 Å². The molecule has 0 saturated carbocycles. The average molecular weight is 363 g/mol.